The van der Waals surface area contributed by atoms with Crippen LogP contribution in [0.3, 0.4) is 0 Å². The van der Waals surface area contributed by atoms with Gasteiger partial charge in [-0.2, -0.15) is 13.2 Å². The number of hydrogen-bond acceptors (Lipinski definition) is 8. The van der Waals surface area contributed by atoms with Gasteiger partial charge in [0, 0.05) is 57.1 Å². The van der Waals surface area contributed by atoms with E-state index in [-0.39, 0.29) is 17.8 Å². The number of thiazole rings is 1. The van der Waals surface area contributed by atoms with Crippen LogP contribution in [0.1, 0.15) is 27.0 Å². The van der Waals surface area contributed by atoms with Crippen molar-refractivity contribution >= 4 is 27.9 Å². The molecule has 3 heterocycles. The van der Waals surface area contributed by atoms with Crippen LogP contribution in [0.15, 0.2) is 48.8 Å². The van der Waals surface area contributed by atoms with Crippen molar-refractivity contribution in [1.82, 2.24) is 24.9 Å². The zero-order chi connectivity index (χ0) is 27.7. The van der Waals surface area contributed by atoms with Crippen LogP contribution in [0.25, 0.3) is 16.3 Å². The Balaban J connectivity index is 1.40. The average Bonchev–Trinajstić information content (AvgIpc) is 3.59. The van der Waals surface area contributed by atoms with Crippen LogP contribution in [0.2, 0.25) is 0 Å². The van der Waals surface area contributed by atoms with Crippen molar-refractivity contribution in [2.45, 2.75) is 19.5 Å². The number of likely N-dealkylation sites (N-methyl/N-ethyl adjacent to an activating group) is 1. The van der Waals surface area contributed by atoms with Crippen LogP contribution >= 0.6 is 11.3 Å². The normalized spacial score (nSPS) is 14.6. The summed E-state index contributed by atoms with van der Waals surface area (Å²) in [5, 5.41) is 12.3. The molecule has 4 aromatic rings. The number of aryl methyl sites for hydroxylation is 1. The van der Waals surface area contributed by atoms with E-state index in [4.69, 9.17) is 0 Å². The van der Waals surface area contributed by atoms with Gasteiger partial charge < -0.3 is 15.1 Å². The number of benzene rings is 2. The Morgan fingerprint density at radius 3 is 2.56 bits per heavy atom. The number of piperazine rings is 1. The molecule has 204 valence electrons. The Hall–Kier alpha value is -3.77. The van der Waals surface area contributed by atoms with Crippen molar-refractivity contribution < 1.29 is 18.0 Å². The maximum atomic E-state index is 13.7. The zero-order valence-electron chi connectivity index (χ0n) is 21.8. The molecule has 2 aromatic heterocycles. The molecule has 8 nitrogen and oxygen atoms in total. The number of alkyl halides is 3. The molecule has 0 bridgehead atoms. The fourth-order valence-corrected chi connectivity index (χ4v) is 5.20. The molecule has 0 aliphatic carbocycles. The highest BCUT2D eigenvalue weighted by Crippen LogP contribution is 2.34. The summed E-state index contributed by atoms with van der Waals surface area (Å²) < 4.78 is 42.8. The Labute approximate surface area is 228 Å². The summed E-state index contributed by atoms with van der Waals surface area (Å²) in [4.78, 5) is 22.4. The zero-order valence-corrected chi connectivity index (χ0v) is 22.6. The molecule has 1 fully saturated rings. The summed E-state index contributed by atoms with van der Waals surface area (Å²) in [5.74, 6) is -0.380. The molecule has 0 saturated carbocycles. The summed E-state index contributed by atoms with van der Waals surface area (Å²) in [7, 11) is 3.77. The number of hydrogen-bond donors (Lipinski definition) is 1. The summed E-state index contributed by atoms with van der Waals surface area (Å²) in [6.07, 6.45) is -1.08. The average molecular weight is 556 g/mol. The molecule has 1 N–H and O–H groups in total. The second-order valence-electron chi connectivity index (χ2n) is 9.61. The fraction of sp³-hybridized carbons (Fsp3) is 0.333. The Morgan fingerprint density at radius 2 is 1.87 bits per heavy atom. The molecule has 39 heavy (non-hydrogen) atoms. The molecule has 0 unspecified atom stereocenters. The number of rotatable bonds is 7. The highest BCUT2D eigenvalue weighted by molar-refractivity contribution is 7.18. The van der Waals surface area contributed by atoms with E-state index in [0.29, 0.717) is 30.0 Å². The van der Waals surface area contributed by atoms with Gasteiger partial charge in [0.25, 0.3) is 0 Å². The van der Waals surface area contributed by atoms with Gasteiger partial charge in [0.15, 0.2) is 10.9 Å². The van der Waals surface area contributed by atoms with Crippen LogP contribution in [-0.2, 0) is 12.6 Å². The Kier molecular flexibility index (Phi) is 7.41. The number of Topliss-reactive ketones (excluding diaryl/α,β-unsaturated/α-hetero) is 1. The lowest BCUT2D eigenvalue weighted by molar-refractivity contribution is -0.137. The van der Waals surface area contributed by atoms with E-state index in [9.17, 15) is 18.0 Å². The van der Waals surface area contributed by atoms with Crippen LogP contribution in [-0.4, -0.2) is 70.9 Å². The van der Waals surface area contributed by atoms with Crippen LogP contribution in [0.4, 0.5) is 24.0 Å². The van der Waals surface area contributed by atoms with Crippen molar-refractivity contribution in [2.24, 2.45) is 0 Å². The minimum atomic E-state index is -4.55. The van der Waals surface area contributed by atoms with E-state index in [2.05, 4.69) is 25.5 Å². The van der Waals surface area contributed by atoms with E-state index in [1.807, 2.05) is 37.1 Å². The maximum absolute atomic E-state index is 13.7. The molecule has 5 rings (SSSR count). The molecule has 2 aromatic carbocycles. The summed E-state index contributed by atoms with van der Waals surface area (Å²) >= 11 is 1.45. The van der Waals surface area contributed by atoms with Crippen molar-refractivity contribution in [3.8, 4) is 16.3 Å². The van der Waals surface area contributed by atoms with Gasteiger partial charge in [-0.1, -0.05) is 28.7 Å². The van der Waals surface area contributed by atoms with Crippen LogP contribution < -0.4 is 10.2 Å². The SMILES string of the molecule is CNc1ncc(-c2cn(-c3cc(CC(=O)c4cc(N5CCN(C)CC5)cc(C(F)(F)F)c4)ccc3C)nn2)s1. The Morgan fingerprint density at radius 1 is 1.10 bits per heavy atom. The third-order valence-electron chi connectivity index (χ3n) is 6.79. The molecule has 1 aliphatic heterocycles. The highest BCUT2D eigenvalue weighted by Gasteiger charge is 2.32. The Bertz CT molecular complexity index is 1490. The highest BCUT2D eigenvalue weighted by atomic mass is 32.1. The van der Waals surface area contributed by atoms with Gasteiger partial charge in [0.1, 0.15) is 5.69 Å². The number of nitrogens with one attached hydrogen (secondary N) is 1. The summed E-state index contributed by atoms with van der Waals surface area (Å²) in [6, 6.07) is 9.17. The number of nitrogens with zero attached hydrogens (tertiary/aromatic N) is 6. The molecule has 0 atom stereocenters. The monoisotopic (exact) mass is 555 g/mol. The first-order chi connectivity index (χ1) is 18.6. The number of carbonyl (C=O) groups is 1. The molecule has 0 radical (unpaired) electrons. The molecule has 1 saturated heterocycles. The van der Waals surface area contributed by atoms with Gasteiger partial charge in [-0.3, -0.25) is 4.79 Å². The maximum Gasteiger partial charge on any atom is 0.416 e. The number of ketones is 1. The topological polar surface area (TPSA) is 79.2 Å². The lowest BCUT2D eigenvalue weighted by atomic mass is 9.98. The number of anilines is 2. The predicted octanol–water partition coefficient (Wildman–Crippen LogP) is 4.94. The first-order valence-corrected chi connectivity index (χ1v) is 13.3. The predicted molar refractivity (Wildman–Crippen MR) is 146 cm³/mol. The quantitative estimate of drug-likeness (QED) is 0.324. The van der Waals surface area contributed by atoms with Crippen LogP contribution in [0, 0.1) is 6.92 Å². The first kappa shape index (κ1) is 26.8. The van der Waals surface area contributed by atoms with Gasteiger partial charge in [-0.05, 0) is 49.4 Å². The fourth-order valence-electron chi connectivity index (χ4n) is 4.48. The smallest absolute Gasteiger partial charge is 0.369 e. The van der Waals surface area contributed by atoms with Gasteiger partial charge in [0.2, 0.25) is 0 Å². The molecular formula is C27H28F3N7OS. The number of halogens is 3. The molecular weight excluding hydrogens is 527 g/mol. The van der Waals surface area contributed by atoms with Gasteiger partial charge >= 0.3 is 6.18 Å². The molecule has 0 amide bonds. The second kappa shape index (κ2) is 10.8. The van der Waals surface area contributed by atoms with E-state index in [0.717, 1.165) is 46.5 Å². The van der Waals surface area contributed by atoms with E-state index in [1.54, 1.807) is 30.2 Å². The third kappa shape index (κ3) is 5.96. The minimum absolute atomic E-state index is 0.0430. The lowest BCUT2D eigenvalue weighted by Crippen LogP contribution is -2.44. The summed E-state index contributed by atoms with van der Waals surface area (Å²) in [5.41, 5.74) is 2.65. The van der Waals surface area contributed by atoms with Gasteiger partial charge in [-0.15, -0.1) is 5.10 Å². The van der Waals surface area contributed by atoms with Gasteiger partial charge in [0.05, 0.1) is 22.3 Å². The standard InChI is InChI=1S/C27H28F3N7OS/c1-17-4-5-18(10-23(17)37-16-22(33-34-37)25-15-32-26(31-2)39-25)11-24(38)19-12-20(27(28,29)30)14-21(13-19)36-8-6-35(3)7-9-36/h4-5,10,12-16H,6-9,11H2,1-3H3,(H,31,32). The van der Waals surface area contributed by atoms with E-state index < -0.39 is 11.7 Å². The lowest BCUT2D eigenvalue weighted by Gasteiger charge is -2.34. The second-order valence-corrected chi connectivity index (χ2v) is 10.6. The van der Waals surface area contributed by atoms with Crippen molar-refractivity contribution in [1.29, 1.82) is 0 Å². The van der Waals surface area contributed by atoms with Crippen molar-refractivity contribution in [3.05, 3.63) is 71.0 Å². The minimum Gasteiger partial charge on any atom is -0.369 e. The number of aromatic nitrogens is 4. The molecule has 0 spiro atoms. The number of carbonyl (C=O) groups excluding carboxylic acids is 1. The van der Waals surface area contributed by atoms with E-state index >= 15 is 0 Å². The van der Waals surface area contributed by atoms with Crippen molar-refractivity contribution in [2.75, 3.05) is 50.5 Å². The van der Waals surface area contributed by atoms with E-state index in [1.165, 1.54) is 11.3 Å². The third-order valence-corrected chi connectivity index (χ3v) is 7.82. The first-order valence-electron chi connectivity index (χ1n) is 12.5. The summed E-state index contributed by atoms with van der Waals surface area (Å²) in [6.45, 7) is 4.61. The van der Waals surface area contributed by atoms with Crippen molar-refractivity contribution in [3.63, 3.8) is 0 Å². The largest absolute Gasteiger partial charge is 0.416 e. The van der Waals surface area contributed by atoms with Crippen LogP contribution in [0.5, 0.6) is 0 Å². The molecule has 12 heteroatoms. The molecule has 1 aliphatic rings. The van der Waals surface area contributed by atoms with Gasteiger partial charge in [-0.25, -0.2) is 9.67 Å².